The fraction of sp³-hybridized carbons (Fsp3) is 0.378. The van der Waals surface area contributed by atoms with E-state index < -0.39 is 170 Å². The molecule has 0 bridgehead atoms. The first-order chi connectivity index (χ1) is 61.3. The van der Waals surface area contributed by atoms with Crippen LogP contribution in [0.4, 0.5) is 62.3 Å². The van der Waals surface area contributed by atoms with Gasteiger partial charge < -0.3 is 76.7 Å². The van der Waals surface area contributed by atoms with E-state index in [1.54, 1.807) is 105 Å². The summed E-state index contributed by atoms with van der Waals surface area (Å²) in [6.45, 7) is 20.4. The van der Waals surface area contributed by atoms with Gasteiger partial charge >= 0.3 is 5.97 Å². The number of aryl methyl sites for hydroxylation is 3. The van der Waals surface area contributed by atoms with Crippen molar-refractivity contribution < 1.29 is 117 Å². The lowest BCUT2D eigenvalue weighted by molar-refractivity contribution is -0.148. The summed E-state index contributed by atoms with van der Waals surface area (Å²) < 4.78 is 131. The summed E-state index contributed by atoms with van der Waals surface area (Å²) in [5.41, 5.74) is 3.88. The maximum Gasteiger partial charge on any atom is 0.328 e. The Balaban J connectivity index is 0.000000170. The molecule has 14 rings (SSSR count). The van der Waals surface area contributed by atoms with Crippen LogP contribution in [0.5, 0.6) is 0 Å². The third-order valence-corrected chi connectivity index (χ3v) is 23.3. The van der Waals surface area contributed by atoms with Gasteiger partial charge in [0.25, 0.3) is 82.7 Å². The summed E-state index contributed by atoms with van der Waals surface area (Å²) >= 11 is 0. The number of fused-ring (bicyclic) bond motifs is 4. The molecule has 41 heteroatoms. The Kier molecular flexibility index (Phi) is 28.2. The first kappa shape index (κ1) is 97.5. The number of carboxylic acids is 1. The average Bonchev–Trinajstić information content (AvgIpc) is 1.74. The third kappa shape index (κ3) is 20.2. The van der Waals surface area contributed by atoms with E-state index in [4.69, 9.17) is 5.73 Å². The summed E-state index contributed by atoms with van der Waals surface area (Å²) in [5.74, 6) is -18.2. The number of hydrogen-bond acceptors (Lipinski definition) is 17. The van der Waals surface area contributed by atoms with Crippen LogP contribution in [0.1, 0.15) is 236 Å². The predicted octanol–water partition coefficient (Wildman–Crippen LogP) is 10.9. The van der Waals surface area contributed by atoms with Crippen LogP contribution in [-0.2, 0) is 86.2 Å². The van der Waals surface area contributed by atoms with E-state index >= 15 is 0 Å². The number of nitrogens with zero attached hydrogens (tertiary/aromatic N) is 6. The number of aliphatic hydroxyl groups is 1. The summed E-state index contributed by atoms with van der Waals surface area (Å²) in [4.78, 5) is 177. The number of amides is 9. The number of halogens is 9. The molecule has 4 aromatic carbocycles. The molecule has 0 saturated heterocycles. The number of Topliss-reactive ketones (excluding diaryl/α,β-unsaturated/α-hetero) is 4. The summed E-state index contributed by atoms with van der Waals surface area (Å²) in [5, 5.41) is 47.7. The van der Waals surface area contributed by atoms with Gasteiger partial charge in [-0.3, -0.25) is 62.3 Å². The molecule has 9 heterocycles. The second kappa shape index (κ2) is 37.9. The van der Waals surface area contributed by atoms with Crippen LogP contribution in [0.2, 0.25) is 0 Å². The topological polar surface area (TPSA) is 463 Å². The number of ketones is 4. The van der Waals surface area contributed by atoms with Crippen LogP contribution >= 0.6 is 0 Å². The molecule has 5 aliphatic rings. The standard InChI is InChI=1S/C24H20F6N6O3.C22H25FN4O4.C22H24FN3O5.C22H26FN3O4/c1-10-16(19(37)22(39)33-23(8-24(29,30)9-23)15-6-31-35-34-15)14-5-11(25)7-36(14)18(10)21(38)32-13-4-2-3-12(17(13)26)20(27)28;1-11-7-8-13(10-14(11)23)25-19(29)17-12(2)16(15-6-5-9-27(15)17)18(28)20(30)26-22(3,4)21(24)31;1-11-7-8-13(10-14(11)23)24-19(28)17-12(2)16(15-6-5-9-26(15)17)18(27)20(29)25-22(3,4)21(30)31;1-12-7-8-14(10-15(12)23)24-20(29)18-13(2)17(16-6-5-9-26(16)18)19(28)21(30)25-22(3,4)11-27/h2-4,6,11,20H,5,7-9H2,1H3,(H,32,38)(H,33,39)(H,31,34,35);7-8,10H,5-6,9H2,1-4H3,(H2,24,31)(H,25,29)(H,26,30);7-8,10H,5-6,9H2,1-4H3,(H,24,28)(H,25,29)(H,30,31);7-8,10,27H,5-6,9,11H2,1-4H3,(H,24,29)(H,25,30)/t11-;;;/m1.../s1. The van der Waals surface area contributed by atoms with Gasteiger partial charge in [0.2, 0.25) is 5.91 Å². The molecule has 4 aliphatic heterocycles. The highest BCUT2D eigenvalue weighted by Gasteiger charge is 2.60. The van der Waals surface area contributed by atoms with E-state index in [0.717, 1.165) is 35.4 Å². The number of aliphatic carboxylic acids is 1. The zero-order chi connectivity index (χ0) is 96.7. The van der Waals surface area contributed by atoms with Crippen LogP contribution in [-0.4, -0.2) is 161 Å². The second-order valence-corrected chi connectivity index (χ2v) is 34.3. The summed E-state index contributed by atoms with van der Waals surface area (Å²) in [7, 11) is 0. The number of aromatic amines is 1. The number of rotatable bonds is 25. The Morgan fingerprint density at radius 1 is 0.519 bits per heavy atom. The number of hydrogen-bond donors (Lipinski definition) is 12. The molecule has 1 fully saturated rings. The first-order valence-corrected chi connectivity index (χ1v) is 41.2. The predicted molar refractivity (Wildman–Crippen MR) is 455 cm³/mol. The molecule has 0 unspecified atom stereocenters. The van der Waals surface area contributed by atoms with Gasteiger partial charge in [0.1, 0.15) is 63.2 Å². The number of nitrogens with two attached hydrogens (primary N) is 1. The van der Waals surface area contributed by atoms with Gasteiger partial charge in [0.05, 0.1) is 63.9 Å². The molecule has 1 aliphatic carbocycles. The number of aliphatic hydroxyl groups excluding tert-OH is 1. The Bertz CT molecular complexity index is 6050. The van der Waals surface area contributed by atoms with Crippen LogP contribution in [0, 0.1) is 71.7 Å². The number of nitrogens with one attached hydrogen (secondary N) is 9. The number of carbonyl (C=O) groups is 14. The Hall–Kier alpha value is -14.2. The number of benzene rings is 4. The van der Waals surface area contributed by atoms with Crippen LogP contribution in [0.15, 0.2) is 79.0 Å². The monoisotopic (exact) mass is 1830 g/mol. The molecule has 694 valence electrons. The van der Waals surface area contributed by atoms with Crippen LogP contribution in [0.3, 0.4) is 0 Å². The van der Waals surface area contributed by atoms with Crippen molar-refractivity contribution in [3.05, 3.63) is 220 Å². The molecular formula is C90H95F9N16O16. The number of anilines is 4. The fourth-order valence-electron chi connectivity index (χ4n) is 16.3. The summed E-state index contributed by atoms with van der Waals surface area (Å²) in [6.07, 6.45) is -1.76. The lowest BCUT2D eigenvalue weighted by Gasteiger charge is -2.46. The third-order valence-electron chi connectivity index (χ3n) is 23.3. The van der Waals surface area contributed by atoms with Gasteiger partial charge in [-0.05, 0) is 210 Å². The Morgan fingerprint density at radius 2 is 0.893 bits per heavy atom. The second-order valence-electron chi connectivity index (χ2n) is 34.3. The molecule has 32 nitrogen and oxygen atoms in total. The fourth-order valence-corrected chi connectivity index (χ4v) is 16.3. The average molecular weight is 1830 g/mol. The first-order valence-electron chi connectivity index (χ1n) is 41.2. The van der Waals surface area contributed by atoms with E-state index in [2.05, 4.69) is 57.9 Å². The molecule has 5 aromatic heterocycles. The zero-order valence-corrected chi connectivity index (χ0v) is 73.3. The SMILES string of the molecule is Cc1c(C(=O)C(=O)NC2(c3cn[nH]n3)CC(F)(F)C2)c2n(c1C(=O)Nc1cccc(C(F)F)c1F)C[C@H](F)C2.Cc1ccc(NC(=O)c2c(C)c(C(=O)C(=O)NC(C)(C)C(=O)O)c3n2CCC3)cc1F.Cc1ccc(NC(=O)c2c(C)c(C(=O)C(=O)NC(C)(C)C(N)=O)c3n2CCC3)cc1F.Cc1ccc(NC(=O)c2c(C)c(C(=O)C(=O)NC(C)(C)CO)c3n2CCC3)cc1F. The van der Waals surface area contributed by atoms with Crippen molar-refractivity contribution >= 4 is 105 Å². The molecular weight excluding hydrogens is 1730 g/mol. The molecule has 0 spiro atoms. The molecule has 13 N–H and O–H groups in total. The normalized spacial score (nSPS) is 14.8. The van der Waals surface area contributed by atoms with E-state index in [9.17, 15) is 117 Å². The van der Waals surface area contributed by atoms with Gasteiger partial charge in [0.15, 0.2) is 5.82 Å². The lowest BCUT2D eigenvalue weighted by Crippen LogP contribution is -2.61. The van der Waals surface area contributed by atoms with Crippen molar-refractivity contribution in [3.8, 4) is 0 Å². The lowest BCUT2D eigenvalue weighted by atomic mass is 9.71. The smallest absolute Gasteiger partial charge is 0.328 e. The maximum atomic E-state index is 14.5. The van der Waals surface area contributed by atoms with Crippen molar-refractivity contribution in [2.75, 3.05) is 27.9 Å². The highest BCUT2D eigenvalue weighted by Crippen LogP contribution is 2.51. The van der Waals surface area contributed by atoms with E-state index in [0.29, 0.717) is 114 Å². The number of carbonyl (C=O) groups excluding carboxylic acids is 13. The van der Waals surface area contributed by atoms with Crippen LogP contribution < -0.4 is 48.3 Å². The number of H-pyrrole nitrogens is 1. The van der Waals surface area contributed by atoms with Crippen molar-refractivity contribution in [1.82, 2.24) is 54.9 Å². The minimum Gasteiger partial charge on any atom is -0.480 e. The van der Waals surface area contributed by atoms with Gasteiger partial charge in [-0.1, -0.05) is 30.3 Å². The Labute approximate surface area is 742 Å². The maximum absolute atomic E-state index is 14.5. The van der Waals surface area contributed by atoms with Crippen molar-refractivity contribution in [2.45, 2.75) is 215 Å². The molecule has 9 aromatic rings. The van der Waals surface area contributed by atoms with E-state index in [1.165, 1.54) is 52.8 Å². The molecule has 131 heavy (non-hydrogen) atoms. The largest absolute Gasteiger partial charge is 0.480 e. The minimum atomic E-state index is -3.15. The minimum absolute atomic E-state index is 0.00893. The summed E-state index contributed by atoms with van der Waals surface area (Å²) in [6, 6.07) is 16.1. The van der Waals surface area contributed by atoms with Gasteiger partial charge in [-0.15, -0.1) is 0 Å². The quantitative estimate of drug-likeness (QED) is 0.0144. The van der Waals surface area contributed by atoms with Crippen molar-refractivity contribution in [2.24, 2.45) is 5.73 Å². The van der Waals surface area contributed by atoms with Gasteiger partial charge in [-0.2, -0.15) is 15.4 Å². The molecule has 1 atom stereocenters. The number of aromatic nitrogens is 7. The van der Waals surface area contributed by atoms with Gasteiger partial charge in [0, 0.05) is 78.7 Å². The highest BCUT2D eigenvalue weighted by atomic mass is 19.3. The number of carboxylic acid groups (broad SMARTS) is 1. The van der Waals surface area contributed by atoms with Crippen LogP contribution in [0.25, 0.3) is 0 Å². The zero-order valence-electron chi connectivity index (χ0n) is 73.3. The molecule has 1 saturated carbocycles. The number of alkyl halides is 5. The molecule has 0 radical (unpaired) electrons. The van der Waals surface area contributed by atoms with Crippen molar-refractivity contribution in [3.63, 3.8) is 0 Å². The molecule has 9 amide bonds. The van der Waals surface area contributed by atoms with E-state index in [-0.39, 0.29) is 87.2 Å². The Morgan fingerprint density at radius 3 is 1.25 bits per heavy atom. The van der Waals surface area contributed by atoms with Crippen molar-refractivity contribution in [1.29, 1.82) is 0 Å². The number of primary amides is 1. The van der Waals surface area contributed by atoms with Gasteiger partial charge in [-0.25, -0.2) is 44.3 Å². The highest BCUT2D eigenvalue weighted by molar-refractivity contribution is 6.46. The van der Waals surface area contributed by atoms with E-state index in [1.807, 2.05) is 0 Å².